The average Bonchev–Trinajstić information content (AvgIpc) is 3.12. The summed E-state index contributed by atoms with van der Waals surface area (Å²) in [4.78, 5) is 13.7. The van der Waals surface area contributed by atoms with Crippen LogP contribution in [0.4, 0.5) is 4.39 Å². The van der Waals surface area contributed by atoms with Gasteiger partial charge in [0.2, 0.25) is 0 Å². The zero-order valence-electron chi connectivity index (χ0n) is 19.7. The van der Waals surface area contributed by atoms with Crippen LogP contribution in [0.15, 0.2) is 48.5 Å². The van der Waals surface area contributed by atoms with Crippen LogP contribution >= 0.6 is 11.6 Å². The molecule has 3 N–H and O–H groups in total. The Morgan fingerprint density at radius 2 is 1.86 bits per heavy atom. The first-order chi connectivity index (χ1) is 16.7. The highest BCUT2D eigenvalue weighted by atomic mass is 35.5. The summed E-state index contributed by atoms with van der Waals surface area (Å²) in [6.45, 7) is 5.56. The molecule has 0 saturated heterocycles. The Morgan fingerprint density at radius 1 is 1.14 bits per heavy atom. The highest BCUT2D eigenvalue weighted by Crippen LogP contribution is 2.30. The van der Waals surface area contributed by atoms with Crippen LogP contribution in [0.3, 0.4) is 0 Å². The van der Waals surface area contributed by atoms with Crippen molar-refractivity contribution in [2.75, 3.05) is 13.2 Å². The van der Waals surface area contributed by atoms with E-state index >= 15 is 0 Å². The molecule has 0 aliphatic heterocycles. The lowest BCUT2D eigenvalue weighted by Crippen LogP contribution is -2.31. The van der Waals surface area contributed by atoms with Gasteiger partial charge in [-0.2, -0.15) is 0 Å². The fourth-order valence-electron chi connectivity index (χ4n) is 4.10. The molecule has 0 fully saturated rings. The second-order valence-corrected chi connectivity index (χ2v) is 8.81. The first-order valence-corrected chi connectivity index (χ1v) is 11.8. The SMILES string of the molecule is CCCN(Cc1ccc(OCCn2c(O)ccc2O)c(C)c1)C(CC(=O)O)c1ccc(Cl)c(F)c1. The van der Waals surface area contributed by atoms with Gasteiger partial charge in [-0.15, -0.1) is 0 Å². The van der Waals surface area contributed by atoms with E-state index in [4.69, 9.17) is 16.3 Å². The van der Waals surface area contributed by atoms with Gasteiger partial charge in [0.15, 0.2) is 11.8 Å². The molecule has 188 valence electrons. The highest BCUT2D eigenvalue weighted by molar-refractivity contribution is 6.30. The summed E-state index contributed by atoms with van der Waals surface area (Å²) in [5.41, 5.74) is 2.43. The van der Waals surface area contributed by atoms with Crippen LogP contribution in [-0.4, -0.2) is 43.9 Å². The summed E-state index contributed by atoms with van der Waals surface area (Å²) in [5.74, 6) is -0.943. The first-order valence-electron chi connectivity index (χ1n) is 11.4. The predicted molar refractivity (Wildman–Crippen MR) is 132 cm³/mol. The van der Waals surface area contributed by atoms with Gasteiger partial charge in [-0.05, 0) is 54.8 Å². The topological polar surface area (TPSA) is 95.2 Å². The van der Waals surface area contributed by atoms with Gasteiger partial charge >= 0.3 is 5.97 Å². The van der Waals surface area contributed by atoms with Crippen molar-refractivity contribution in [1.82, 2.24) is 9.47 Å². The summed E-state index contributed by atoms with van der Waals surface area (Å²) >= 11 is 5.83. The normalized spacial score (nSPS) is 12.1. The van der Waals surface area contributed by atoms with Crippen molar-refractivity contribution in [2.24, 2.45) is 0 Å². The molecule has 1 atom stereocenters. The number of aliphatic carboxylic acids is 1. The molecule has 0 spiro atoms. The lowest BCUT2D eigenvalue weighted by Gasteiger charge is -2.31. The summed E-state index contributed by atoms with van der Waals surface area (Å²) in [7, 11) is 0. The van der Waals surface area contributed by atoms with Gasteiger partial charge in [0, 0.05) is 24.7 Å². The molecule has 35 heavy (non-hydrogen) atoms. The van der Waals surface area contributed by atoms with Crippen LogP contribution in [-0.2, 0) is 17.9 Å². The third kappa shape index (κ3) is 6.90. The lowest BCUT2D eigenvalue weighted by molar-refractivity contribution is -0.138. The minimum atomic E-state index is -0.967. The number of carboxylic acids is 1. The number of aromatic hydroxyl groups is 2. The van der Waals surface area contributed by atoms with E-state index < -0.39 is 17.8 Å². The first kappa shape index (κ1) is 26.4. The molecule has 1 unspecified atom stereocenters. The molecule has 0 aliphatic rings. The Labute approximate surface area is 209 Å². The Balaban J connectivity index is 1.74. The molecule has 0 amide bonds. The monoisotopic (exact) mass is 504 g/mol. The van der Waals surface area contributed by atoms with E-state index in [1.165, 1.54) is 28.8 Å². The van der Waals surface area contributed by atoms with Gasteiger partial charge < -0.3 is 20.1 Å². The summed E-state index contributed by atoms with van der Waals surface area (Å²) in [6.07, 6.45) is 0.631. The molecule has 1 aromatic heterocycles. The minimum Gasteiger partial charge on any atom is -0.494 e. The quantitative estimate of drug-likeness (QED) is 0.301. The number of aryl methyl sites for hydroxylation is 1. The predicted octanol–water partition coefficient (Wildman–Crippen LogP) is 5.51. The Hall–Kier alpha value is -3.23. The van der Waals surface area contributed by atoms with Gasteiger partial charge in [-0.1, -0.05) is 36.7 Å². The van der Waals surface area contributed by atoms with E-state index in [1.54, 1.807) is 6.07 Å². The molecule has 7 nitrogen and oxygen atoms in total. The fraction of sp³-hybridized carbons (Fsp3) is 0.346. The molecule has 1 heterocycles. The van der Waals surface area contributed by atoms with Crippen molar-refractivity contribution in [3.05, 3.63) is 76.1 Å². The van der Waals surface area contributed by atoms with Crippen LogP contribution in [0.2, 0.25) is 5.02 Å². The molecular weight excluding hydrogens is 475 g/mol. The average molecular weight is 505 g/mol. The number of benzene rings is 2. The summed E-state index contributed by atoms with van der Waals surface area (Å²) in [6, 6.07) is 12.5. The molecule has 2 aromatic carbocycles. The van der Waals surface area contributed by atoms with E-state index in [0.29, 0.717) is 24.4 Å². The van der Waals surface area contributed by atoms with E-state index in [0.717, 1.165) is 17.5 Å². The van der Waals surface area contributed by atoms with Crippen LogP contribution in [0.5, 0.6) is 17.5 Å². The number of rotatable bonds is 12. The van der Waals surface area contributed by atoms with Gasteiger partial charge in [-0.3, -0.25) is 14.3 Å². The van der Waals surface area contributed by atoms with E-state index in [2.05, 4.69) is 0 Å². The molecule has 0 aliphatic carbocycles. The minimum absolute atomic E-state index is 0.00159. The number of halogens is 2. The Bertz CT molecular complexity index is 1150. The molecule has 3 aromatic rings. The van der Waals surface area contributed by atoms with Gasteiger partial charge in [0.25, 0.3) is 0 Å². The fourth-order valence-corrected chi connectivity index (χ4v) is 4.22. The molecule has 9 heteroatoms. The van der Waals surface area contributed by atoms with E-state index in [9.17, 15) is 24.5 Å². The van der Waals surface area contributed by atoms with Crippen molar-refractivity contribution in [1.29, 1.82) is 0 Å². The number of ether oxygens (including phenoxy) is 1. The Kier molecular flexibility index (Phi) is 9.01. The maximum absolute atomic E-state index is 14.1. The lowest BCUT2D eigenvalue weighted by atomic mass is 10.00. The molecule has 3 rings (SSSR count). The van der Waals surface area contributed by atoms with Crippen molar-refractivity contribution in [2.45, 2.75) is 45.8 Å². The number of nitrogens with zero attached hydrogens (tertiary/aromatic N) is 2. The number of hydrogen-bond donors (Lipinski definition) is 3. The number of aromatic nitrogens is 1. The molecular formula is C26H30ClFN2O5. The maximum Gasteiger partial charge on any atom is 0.305 e. The van der Waals surface area contributed by atoms with Crippen LogP contribution < -0.4 is 4.74 Å². The van der Waals surface area contributed by atoms with E-state index in [1.807, 2.05) is 36.9 Å². The second kappa shape index (κ2) is 12.0. The van der Waals surface area contributed by atoms with Gasteiger partial charge in [0.1, 0.15) is 18.2 Å². The number of carboxylic acid groups (broad SMARTS) is 1. The third-order valence-corrected chi connectivity index (χ3v) is 6.09. The van der Waals surface area contributed by atoms with Crippen molar-refractivity contribution < 1.29 is 29.2 Å². The highest BCUT2D eigenvalue weighted by Gasteiger charge is 2.24. The molecule has 0 bridgehead atoms. The second-order valence-electron chi connectivity index (χ2n) is 8.41. The maximum atomic E-state index is 14.1. The van der Waals surface area contributed by atoms with Gasteiger partial charge in [-0.25, -0.2) is 4.39 Å². The largest absolute Gasteiger partial charge is 0.494 e. The van der Waals surface area contributed by atoms with Crippen LogP contribution in [0.1, 0.15) is 42.5 Å². The smallest absolute Gasteiger partial charge is 0.305 e. The molecule has 0 radical (unpaired) electrons. The summed E-state index contributed by atoms with van der Waals surface area (Å²) < 4.78 is 21.3. The van der Waals surface area contributed by atoms with Crippen LogP contribution in [0, 0.1) is 12.7 Å². The van der Waals surface area contributed by atoms with E-state index in [-0.39, 0.29) is 36.4 Å². The third-order valence-electron chi connectivity index (χ3n) is 5.78. The van der Waals surface area contributed by atoms with Crippen molar-refractivity contribution in [3.63, 3.8) is 0 Å². The van der Waals surface area contributed by atoms with Gasteiger partial charge in [0.05, 0.1) is 18.0 Å². The number of hydrogen-bond acceptors (Lipinski definition) is 5. The molecule has 0 saturated carbocycles. The summed E-state index contributed by atoms with van der Waals surface area (Å²) in [5, 5.41) is 29.0. The standard InChI is InChI=1S/C26H30ClFN2O5/c1-3-10-29(22(15-26(33)34)19-5-6-20(27)21(28)14-19)16-18-4-7-23(17(2)13-18)35-12-11-30-24(31)8-9-25(30)32/h4-9,13-14,22,31-32H,3,10-12,15-16H2,1-2H3,(H,33,34). The zero-order valence-corrected chi connectivity index (χ0v) is 20.5. The zero-order chi connectivity index (χ0) is 25.5. The van der Waals surface area contributed by atoms with Crippen molar-refractivity contribution >= 4 is 17.6 Å². The van der Waals surface area contributed by atoms with Crippen LogP contribution in [0.25, 0.3) is 0 Å². The number of carbonyl (C=O) groups is 1. The van der Waals surface area contributed by atoms with Crippen molar-refractivity contribution in [3.8, 4) is 17.5 Å². The Morgan fingerprint density at radius 3 is 2.46 bits per heavy atom.